The van der Waals surface area contributed by atoms with Crippen molar-refractivity contribution in [1.82, 2.24) is 14.5 Å². The fourth-order valence-electron chi connectivity index (χ4n) is 1.16. The number of hydrogen-bond acceptors (Lipinski definition) is 4. The molecule has 0 spiro atoms. The van der Waals surface area contributed by atoms with Crippen LogP contribution in [0.15, 0.2) is 17.9 Å². The summed E-state index contributed by atoms with van der Waals surface area (Å²) in [4.78, 5) is 19.8. The van der Waals surface area contributed by atoms with Crippen LogP contribution in [0.2, 0.25) is 0 Å². The molecule has 0 radical (unpaired) electrons. The summed E-state index contributed by atoms with van der Waals surface area (Å²) in [5.74, 6) is 0.119. The molecule has 0 aromatic carbocycles. The first-order chi connectivity index (χ1) is 7.70. The van der Waals surface area contributed by atoms with Crippen LogP contribution in [-0.4, -0.2) is 20.4 Å². The third-order valence-electron chi connectivity index (χ3n) is 1.96. The number of thiazole rings is 1. The van der Waals surface area contributed by atoms with Crippen molar-refractivity contribution in [2.75, 3.05) is 5.32 Å². The van der Waals surface area contributed by atoms with E-state index >= 15 is 0 Å². The van der Waals surface area contributed by atoms with E-state index in [9.17, 15) is 4.79 Å². The predicted octanol–water partition coefficient (Wildman–Crippen LogP) is 1.87. The van der Waals surface area contributed by atoms with Crippen molar-refractivity contribution < 1.29 is 4.79 Å². The van der Waals surface area contributed by atoms with E-state index in [1.165, 1.54) is 17.5 Å². The molecule has 2 aromatic heterocycles. The summed E-state index contributed by atoms with van der Waals surface area (Å²) in [6.07, 6.45) is 3.08. The second-order valence-electron chi connectivity index (χ2n) is 3.12. The Morgan fingerprint density at radius 2 is 2.50 bits per heavy atom. The van der Waals surface area contributed by atoms with Crippen LogP contribution in [0.1, 0.15) is 16.2 Å². The SMILES string of the molecule is Cn1cncc1C(=O)Nc1nc(CCl)cs1. The molecular weight excluding hydrogens is 248 g/mol. The second kappa shape index (κ2) is 4.63. The summed E-state index contributed by atoms with van der Waals surface area (Å²) in [5, 5.41) is 5.04. The summed E-state index contributed by atoms with van der Waals surface area (Å²) < 4.78 is 1.64. The van der Waals surface area contributed by atoms with E-state index in [1.807, 2.05) is 5.38 Å². The van der Waals surface area contributed by atoms with E-state index in [0.29, 0.717) is 16.7 Å². The number of aryl methyl sites for hydroxylation is 1. The highest BCUT2D eigenvalue weighted by Gasteiger charge is 2.11. The number of imidazole rings is 1. The van der Waals surface area contributed by atoms with Crippen molar-refractivity contribution in [2.24, 2.45) is 7.05 Å². The number of alkyl halides is 1. The van der Waals surface area contributed by atoms with Crippen molar-refractivity contribution in [3.8, 4) is 0 Å². The molecule has 0 aliphatic carbocycles. The van der Waals surface area contributed by atoms with Crippen LogP contribution in [0.5, 0.6) is 0 Å². The molecule has 5 nitrogen and oxygen atoms in total. The molecule has 0 saturated heterocycles. The van der Waals surface area contributed by atoms with Crippen LogP contribution >= 0.6 is 22.9 Å². The largest absolute Gasteiger partial charge is 0.330 e. The first-order valence-electron chi connectivity index (χ1n) is 4.48. The lowest BCUT2D eigenvalue weighted by atomic mass is 10.4. The van der Waals surface area contributed by atoms with Gasteiger partial charge in [-0.25, -0.2) is 9.97 Å². The summed E-state index contributed by atoms with van der Waals surface area (Å²) in [5.41, 5.74) is 1.24. The van der Waals surface area contributed by atoms with Gasteiger partial charge in [0.25, 0.3) is 5.91 Å². The average Bonchev–Trinajstić information content (AvgIpc) is 2.86. The number of nitrogens with zero attached hydrogens (tertiary/aromatic N) is 3. The highest BCUT2D eigenvalue weighted by atomic mass is 35.5. The Balaban J connectivity index is 2.11. The fourth-order valence-corrected chi connectivity index (χ4v) is 2.10. The van der Waals surface area contributed by atoms with Gasteiger partial charge in [0.1, 0.15) is 5.69 Å². The standard InChI is InChI=1S/C9H9ClN4OS/c1-14-5-11-3-7(14)8(15)13-9-12-6(2-10)4-16-9/h3-5H,2H2,1H3,(H,12,13,15). The molecule has 0 saturated carbocycles. The van der Waals surface area contributed by atoms with E-state index in [-0.39, 0.29) is 5.91 Å². The van der Waals surface area contributed by atoms with Crippen LogP contribution in [0.3, 0.4) is 0 Å². The third-order valence-corrected chi connectivity index (χ3v) is 3.04. The predicted molar refractivity (Wildman–Crippen MR) is 62.8 cm³/mol. The minimum absolute atomic E-state index is 0.226. The lowest BCUT2D eigenvalue weighted by Gasteiger charge is -2.01. The summed E-state index contributed by atoms with van der Waals surface area (Å²) >= 11 is 6.97. The Morgan fingerprint density at radius 3 is 3.06 bits per heavy atom. The number of halogens is 1. The summed E-state index contributed by atoms with van der Waals surface area (Å²) in [7, 11) is 1.76. The van der Waals surface area contributed by atoms with Gasteiger partial charge in [-0.15, -0.1) is 22.9 Å². The van der Waals surface area contributed by atoms with E-state index in [1.54, 1.807) is 17.9 Å². The van der Waals surface area contributed by atoms with Gasteiger partial charge in [0.2, 0.25) is 0 Å². The van der Waals surface area contributed by atoms with Gasteiger partial charge in [0.15, 0.2) is 5.13 Å². The van der Waals surface area contributed by atoms with Crippen molar-refractivity contribution in [3.63, 3.8) is 0 Å². The van der Waals surface area contributed by atoms with Gasteiger partial charge in [-0.1, -0.05) is 0 Å². The number of carbonyl (C=O) groups excluding carboxylic acids is 1. The van der Waals surface area contributed by atoms with Crippen LogP contribution < -0.4 is 5.32 Å². The van der Waals surface area contributed by atoms with Crippen molar-refractivity contribution in [3.05, 3.63) is 29.3 Å². The molecule has 84 valence electrons. The van der Waals surface area contributed by atoms with Gasteiger partial charge in [-0.3, -0.25) is 10.1 Å². The highest BCUT2D eigenvalue weighted by Crippen LogP contribution is 2.17. The Hall–Kier alpha value is -1.40. The van der Waals surface area contributed by atoms with Gasteiger partial charge < -0.3 is 4.57 Å². The molecule has 7 heteroatoms. The maximum atomic E-state index is 11.8. The number of aromatic nitrogens is 3. The molecule has 0 fully saturated rings. The first kappa shape index (κ1) is 11.1. The van der Waals surface area contributed by atoms with E-state index in [0.717, 1.165) is 5.69 Å². The molecule has 0 aliphatic heterocycles. The highest BCUT2D eigenvalue weighted by molar-refractivity contribution is 7.14. The van der Waals surface area contributed by atoms with Crippen molar-refractivity contribution in [2.45, 2.75) is 5.88 Å². The van der Waals surface area contributed by atoms with E-state index in [4.69, 9.17) is 11.6 Å². The Kier molecular flexibility index (Phi) is 3.21. The molecule has 2 rings (SSSR count). The monoisotopic (exact) mass is 256 g/mol. The minimum Gasteiger partial charge on any atom is -0.330 e. The average molecular weight is 257 g/mol. The number of carbonyl (C=O) groups is 1. The maximum absolute atomic E-state index is 11.8. The molecule has 1 N–H and O–H groups in total. The molecule has 16 heavy (non-hydrogen) atoms. The molecule has 0 bridgehead atoms. The Labute approximate surface area is 101 Å². The molecule has 2 heterocycles. The van der Waals surface area contributed by atoms with Crippen LogP contribution in [0.25, 0.3) is 0 Å². The van der Waals surface area contributed by atoms with E-state index in [2.05, 4.69) is 15.3 Å². The second-order valence-corrected chi connectivity index (χ2v) is 4.25. The number of amides is 1. The molecular formula is C9H9ClN4OS. The maximum Gasteiger partial charge on any atom is 0.275 e. The van der Waals surface area contributed by atoms with Gasteiger partial charge in [0, 0.05) is 12.4 Å². The third kappa shape index (κ3) is 2.23. The number of hydrogen-bond donors (Lipinski definition) is 1. The van der Waals surface area contributed by atoms with Gasteiger partial charge in [0.05, 0.1) is 24.1 Å². The molecule has 1 amide bonds. The lowest BCUT2D eigenvalue weighted by molar-refractivity contribution is 0.101. The summed E-state index contributed by atoms with van der Waals surface area (Å²) in [6, 6.07) is 0. The van der Waals surface area contributed by atoms with Crippen molar-refractivity contribution in [1.29, 1.82) is 0 Å². The molecule has 0 atom stereocenters. The smallest absolute Gasteiger partial charge is 0.275 e. The zero-order valence-electron chi connectivity index (χ0n) is 8.48. The summed E-state index contributed by atoms with van der Waals surface area (Å²) in [6.45, 7) is 0. The lowest BCUT2D eigenvalue weighted by Crippen LogP contribution is -2.15. The molecule has 0 aliphatic rings. The quantitative estimate of drug-likeness (QED) is 0.853. The zero-order chi connectivity index (χ0) is 11.5. The topological polar surface area (TPSA) is 59.8 Å². The van der Waals surface area contributed by atoms with Crippen LogP contribution in [0, 0.1) is 0 Å². The van der Waals surface area contributed by atoms with Crippen LogP contribution in [0.4, 0.5) is 5.13 Å². The normalized spacial score (nSPS) is 10.4. The Bertz CT molecular complexity index is 507. The van der Waals surface area contributed by atoms with Gasteiger partial charge in [-0.2, -0.15) is 0 Å². The Morgan fingerprint density at radius 1 is 1.69 bits per heavy atom. The fraction of sp³-hybridized carbons (Fsp3) is 0.222. The zero-order valence-corrected chi connectivity index (χ0v) is 10.0. The van der Waals surface area contributed by atoms with Gasteiger partial charge >= 0.3 is 0 Å². The molecule has 2 aromatic rings. The van der Waals surface area contributed by atoms with E-state index < -0.39 is 0 Å². The number of nitrogens with one attached hydrogen (secondary N) is 1. The van der Waals surface area contributed by atoms with Gasteiger partial charge in [-0.05, 0) is 0 Å². The molecule has 0 unspecified atom stereocenters. The van der Waals surface area contributed by atoms with Crippen LogP contribution in [-0.2, 0) is 12.9 Å². The number of rotatable bonds is 3. The van der Waals surface area contributed by atoms with Crippen molar-refractivity contribution >= 4 is 34.0 Å². The minimum atomic E-state index is -0.226. The first-order valence-corrected chi connectivity index (χ1v) is 5.90. The number of anilines is 1.